The number of ether oxygens (including phenoxy) is 2. The Morgan fingerprint density at radius 3 is 3.00 bits per heavy atom. The monoisotopic (exact) mass is 282 g/mol. The third-order valence-electron chi connectivity index (χ3n) is 3.15. The summed E-state index contributed by atoms with van der Waals surface area (Å²) < 4.78 is 15.8. The standard InChI is InChI=1S/C14H11BN2O4/c1-19-14-9(7-16)2-5-13(17-14)21-11-3-4-12-10(6-11)8-20-15(12)18/h2-6,18H,8H2,1H3. The number of nitriles is 1. The van der Waals surface area contributed by atoms with Gasteiger partial charge in [0.2, 0.25) is 11.8 Å². The Morgan fingerprint density at radius 2 is 2.24 bits per heavy atom. The van der Waals surface area contributed by atoms with E-state index in [0.717, 1.165) is 11.0 Å². The molecule has 0 atom stereocenters. The Kier molecular flexibility index (Phi) is 3.48. The second-order valence-electron chi connectivity index (χ2n) is 4.44. The molecule has 6 nitrogen and oxygen atoms in total. The van der Waals surface area contributed by atoms with Gasteiger partial charge in [0.1, 0.15) is 17.4 Å². The Labute approximate surface area is 121 Å². The molecule has 1 aromatic heterocycles. The molecule has 2 aromatic rings. The predicted octanol–water partition coefficient (Wildman–Crippen LogP) is 0.972. The number of fused-ring (bicyclic) bond motifs is 1. The van der Waals surface area contributed by atoms with Gasteiger partial charge in [-0.3, -0.25) is 0 Å². The van der Waals surface area contributed by atoms with E-state index in [1.165, 1.54) is 7.11 Å². The second kappa shape index (κ2) is 5.44. The number of hydrogen-bond acceptors (Lipinski definition) is 6. The van der Waals surface area contributed by atoms with Crippen LogP contribution in [0.25, 0.3) is 0 Å². The van der Waals surface area contributed by atoms with Gasteiger partial charge in [-0.15, -0.1) is 0 Å². The lowest BCUT2D eigenvalue weighted by Crippen LogP contribution is -2.27. The molecule has 21 heavy (non-hydrogen) atoms. The molecule has 0 bridgehead atoms. The molecule has 1 aromatic carbocycles. The smallest absolute Gasteiger partial charge is 0.480 e. The average Bonchev–Trinajstić information content (AvgIpc) is 2.88. The summed E-state index contributed by atoms with van der Waals surface area (Å²) in [5.74, 6) is 1.12. The molecule has 0 radical (unpaired) electrons. The molecule has 0 saturated carbocycles. The molecule has 0 aliphatic carbocycles. The van der Waals surface area contributed by atoms with Gasteiger partial charge in [-0.2, -0.15) is 10.2 Å². The van der Waals surface area contributed by atoms with Gasteiger partial charge in [0, 0.05) is 6.07 Å². The summed E-state index contributed by atoms with van der Waals surface area (Å²) in [6, 6.07) is 10.4. The second-order valence-corrected chi connectivity index (χ2v) is 4.44. The van der Waals surface area contributed by atoms with E-state index >= 15 is 0 Å². The Morgan fingerprint density at radius 1 is 1.38 bits per heavy atom. The first-order valence-electron chi connectivity index (χ1n) is 6.26. The average molecular weight is 282 g/mol. The van der Waals surface area contributed by atoms with Crippen LogP contribution in [0.1, 0.15) is 11.1 Å². The first-order valence-corrected chi connectivity index (χ1v) is 6.26. The fraction of sp³-hybridized carbons (Fsp3) is 0.143. The molecule has 0 spiro atoms. The van der Waals surface area contributed by atoms with Crippen molar-refractivity contribution in [3.05, 3.63) is 41.5 Å². The first kappa shape index (κ1) is 13.4. The van der Waals surface area contributed by atoms with Crippen LogP contribution in [0, 0.1) is 11.3 Å². The van der Waals surface area contributed by atoms with Crippen molar-refractivity contribution >= 4 is 12.6 Å². The van der Waals surface area contributed by atoms with E-state index in [-0.39, 0.29) is 5.88 Å². The van der Waals surface area contributed by atoms with Crippen molar-refractivity contribution in [3.63, 3.8) is 0 Å². The zero-order valence-electron chi connectivity index (χ0n) is 11.2. The van der Waals surface area contributed by atoms with Crippen LogP contribution in [-0.2, 0) is 11.3 Å². The Balaban J connectivity index is 1.86. The van der Waals surface area contributed by atoms with Gasteiger partial charge in [-0.25, -0.2) is 0 Å². The number of rotatable bonds is 3. The van der Waals surface area contributed by atoms with E-state index in [4.69, 9.17) is 19.4 Å². The van der Waals surface area contributed by atoms with Gasteiger partial charge in [-0.1, -0.05) is 6.07 Å². The largest absolute Gasteiger partial charge is 0.491 e. The van der Waals surface area contributed by atoms with E-state index in [2.05, 4.69) is 4.98 Å². The fourth-order valence-electron chi connectivity index (χ4n) is 2.11. The van der Waals surface area contributed by atoms with E-state index in [1.807, 2.05) is 6.07 Å². The summed E-state index contributed by atoms with van der Waals surface area (Å²) in [6.45, 7) is 0.345. The number of nitrogens with zero attached hydrogens (tertiary/aromatic N) is 2. The summed E-state index contributed by atoms with van der Waals surface area (Å²) in [5, 5.41) is 18.5. The summed E-state index contributed by atoms with van der Waals surface area (Å²) >= 11 is 0. The molecule has 1 N–H and O–H groups in total. The van der Waals surface area contributed by atoms with Gasteiger partial charge in [0.25, 0.3) is 0 Å². The van der Waals surface area contributed by atoms with Gasteiger partial charge in [-0.05, 0) is 29.2 Å². The highest BCUT2D eigenvalue weighted by atomic mass is 16.5. The molecular formula is C14H11BN2O4. The Hall–Kier alpha value is -2.56. The van der Waals surface area contributed by atoms with Crippen LogP contribution in [0.15, 0.2) is 30.3 Å². The molecule has 0 amide bonds. The van der Waals surface area contributed by atoms with Gasteiger partial charge < -0.3 is 19.2 Å². The minimum Gasteiger partial charge on any atom is -0.480 e. The first-order chi connectivity index (χ1) is 10.2. The lowest BCUT2D eigenvalue weighted by molar-refractivity contribution is 0.275. The Bertz CT molecular complexity index is 729. The quantitative estimate of drug-likeness (QED) is 0.844. The lowest BCUT2D eigenvalue weighted by Gasteiger charge is -2.08. The van der Waals surface area contributed by atoms with Crippen molar-refractivity contribution in [1.29, 1.82) is 5.26 Å². The maximum Gasteiger partial charge on any atom is 0.491 e. The normalized spacial score (nSPS) is 12.7. The highest BCUT2D eigenvalue weighted by Crippen LogP contribution is 2.25. The summed E-state index contributed by atoms with van der Waals surface area (Å²) in [5.41, 5.74) is 1.96. The maximum absolute atomic E-state index is 9.57. The summed E-state index contributed by atoms with van der Waals surface area (Å²) in [4.78, 5) is 4.12. The minimum absolute atomic E-state index is 0.218. The highest BCUT2D eigenvalue weighted by Gasteiger charge is 2.27. The zero-order chi connectivity index (χ0) is 14.8. The van der Waals surface area contributed by atoms with Crippen LogP contribution in [0.4, 0.5) is 0 Å². The molecule has 2 heterocycles. The number of hydrogen-bond donors (Lipinski definition) is 1. The zero-order valence-corrected chi connectivity index (χ0v) is 11.2. The highest BCUT2D eigenvalue weighted by molar-refractivity contribution is 6.61. The molecule has 0 unspecified atom stereocenters. The van der Waals surface area contributed by atoms with Crippen LogP contribution in [0.5, 0.6) is 17.5 Å². The van der Waals surface area contributed by atoms with Gasteiger partial charge in [0.15, 0.2) is 0 Å². The summed E-state index contributed by atoms with van der Waals surface area (Å²) in [6.07, 6.45) is 0. The van der Waals surface area contributed by atoms with E-state index in [0.29, 0.717) is 23.8 Å². The molecule has 0 fully saturated rings. The number of pyridine rings is 1. The van der Waals surface area contributed by atoms with Crippen molar-refractivity contribution in [2.24, 2.45) is 0 Å². The lowest BCUT2D eigenvalue weighted by atomic mass is 9.80. The third-order valence-corrected chi connectivity index (χ3v) is 3.15. The van der Waals surface area contributed by atoms with Crippen molar-refractivity contribution in [1.82, 2.24) is 4.98 Å². The minimum atomic E-state index is -0.873. The van der Waals surface area contributed by atoms with Crippen LogP contribution in [-0.4, -0.2) is 24.2 Å². The van der Waals surface area contributed by atoms with Crippen LogP contribution < -0.4 is 14.9 Å². The van der Waals surface area contributed by atoms with Crippen molar-refractivity contribution in [2.45, 2.75) is 6.61 Å². The van der Waals surface area contributed by atoms with E-state index in [1.54, 1.807) is 30.3 Å². The van der Waals surface area contributed by atoms with Gasteiger partial charge >= 0.3 is 7.12 Å². The molecule has 1 aliphatic heterocycles. The van der Waals surface area contributed by atoms with E-state index < -0.39 is 7.12 Å². The number of aromatic nitrogens is 1. The SMILES string of the molecule is COc1nc(Oc2ccc3c(c2)COB3O)ccc1C#N. The molecule has 1 aliphatic rings. The van der Waals surface area contributed by atoms with Crippen molar-refractivity contribution < 1.29 is 19.2 Å². The van der Waals surface area contributed by atoms with Crippen LogP contribution in [0.3, 0.4) is 0 Å². The number of benzene rings is 1. The fourth-order valence-corrected chi connectivity index (χ4v) is 2.11. The van der Waals surface area contributed by atoms with E-state index in [9.17, 15) is 5.02 Å². The molecular weight excluding hydrogens is 271 g/mol. The maximum atomic E-state index is 9.57. The van der Waals surface area contributed by atoms with Crippen LogP contribution in [0.2, 0.25) is 0 Å². The number of methoxy groups -OCH3 is 1. The molecule has 0 saturated heterocycles. The van der Waals surface area contributed by atoms with Crippen molar-refractivity contribution in [2.75, 3.05) is 7.11 Å². The van der Waals surface area contributed by atoms with Gasteiger partial charge in [0.05, 0.1) is 13.7 Å². The molecule has 7 heteroatoms. The predicted molar refractivity (Wildman–Crippen MR) is 74.4 cm³/mol. The summed E-state index contributed by atoms with van der Waals surface area (Å²) in [7, 11) is 0.573. The molecule has 104 valence electrons. The van der Waals surface area contributed by atoms with Crippen LogP contribution >= 0.6 is 0 Å². The molecule has 3 rings (SSSR count). The topological polar surface area (TPSA) is 84.6 Å². The van der Waals surface area contributed by atoms with Crippen molar-refractivity contribution in [3.8, 4) is 23.6 Å². The third kappa shape index (κ3) is 2.54.